The highest BCUT2D eigenvalue weighted by molar-refractivity contribution is 5.89. The van der Waals surface area contributed by atoms with Crippen molar-refractivity contribution in [2.24, 2.45) is 5.73 Å². The van der Waals surface area contributed by atoms with Gasteiger partial charge in [0.1, 0.15) is 6.61 Å². The van der Waals surface area contributed by atoms with Gasteiger partial charge in [-0.1, -0.05) is 71.1 Å². The van der Waals surface area contributed by atoms with E-state index in [1.165, 1.54) is 58.3 Å². The number of aliphatic hydroxyl groups is 1. The monoisotopic (exact) mass is 583 g/mol. The van der Waals surface area contributed by atoms with Gasteiger partial charge in [0.05, 0.1) is 6.61 Å². The predicted octanol–water partition coefficient (Wildman–Crippen LogP) is 6.48. The third kappa shape index (κ3) is 35.3. The lowest BCUT2D eigenvalue weighted by molar-refractivity contribution is -0.159. The molecule has 242 valence electrons. The molecule has 0 saturated carbocycles. The summed E-state index contributed by atoms with van der Waals surface area (Å²) in [5, 5.41) is 9.36. The molecule has 0 unspecified atom stereocenters. The molecule has 0 rings (SSSR count). The van der Waals surface area contributed by atoms with Crippen molar-refractivity contribution < 1.29 is 47.5 Å². The van der Waals surface area contributed by atoms with Crippen molar-refractivity contribution in [3.63, 3.8) is 0 Å². The van der Waals surface area contributed by atoms with Crippen molar-refractivity contribution in [1.82, 2.24) is 0 Å². The quantitative estimate of drug-likeness (QED) is 0.0930. The van der Waals surface area contributed by atoms with Crippen molar-refractivity contribution in [1.29, 1.82) is 0 Å². The number of hydrogen-bond donors (Lipinski definition) is 2. The topological polar surface area (TPSA) is 116 Å². The Kier molecular flexibility index (Phi) is 29.5. The summed E-state index contributed by atoms with van der Waals surface area (Å²) in [7, 11) is 0. The third-order valence-corrected chi connectivity index (χ3v) is 4.75. The number of carbonyl (C=O) groups is 3. The summed E-state index contributed by atoms with van der Waals surface area (Å²) in [5.41, 5.74) is 4.47. The van der Waals surface area contributed by atoms with Crippen molar-refractivity contribution in [3.05, 3.63) is 0 Å². The second kappa shape index (κ2) is 31.5. The van der Waals surface area contributed by atoms with Gasteiger partial charge in [-0.3, -0.25) is 9.59 Å². The van der Waals surface area contributed by atoms with Crippen molar-refractivity contribution in [3.8, 4) is 83.4 Å². The Balaban J connectivity index is -0.0000000653. The number of aliphatic hydroxyl groups excluding tert-OH is 1. The van der Waals surface area contributed by atoms with Gasteiger partial charge >= 0.3 is 11.9 Å². The van der Waals surface area contributed by atoms with E-state index in [4.69, 9.17) is 15.9 Å². The van der Waals surface area contributed by atoms with Gasteiger partial charge in [0.15, 0.2) is 6.10 Å². The molecule has 0 aromatic carbocycles. The SMILES string of the molecule is C#CC#CC#CC#CC#CC#CC#CC(=O)OC[C@H](CO)OC(=O)CCCCCCCCCCCCC.CC(N)=O.[HH].[HH].[HH].[HH].[HH].[HH].[HH].[HH].[HH].[HH].[HH].[HH].[HH]. The average Bonchev–Trinajstić information content (AvgIpc) is 2.94. The first-order valence-electron chi connectivity index (χ1n) is 13.6. The van der Waals surface area contributed by atoms with Gasteiger partial charge in [-0.15, -0.1) is 6.42 Å². The minimum absolute atomic E-state index is 0. The molecule has 7 heteroatoms. The molecule has 0 saturated heterocycles. The zero-order valence-corrected chi connectivity index (χ0v) is 24.1. The first-order valence-corrected chi connectivity index (χ1v) is 13.6. The molecule has 0 aliphatic carbocycles. The third-order valence-electron chi connectivity index (χ3n) is 4.75. The second-order valence-corrected chi connectivity index (χ2v) is 8.43. The van der Waals surface area contributed by atoms with Gasteiger partial charge in [0, 0.05) is 37.8 Å². The highest BCUT2D eigenvalue weighted by Gasteiger charge is 2.15. The fraction of sp³-hybridized carbons (Fsp3) is 0.500. The summed E-state index contributed by atoms with van der Waals surface area (Å²) in [6, 6.07) is 0. The second-order valence-electron chi connectivity index (χ2n) is 8.43. The Morgan fingerprint density at radius 3 is 1.61 bits per heavy atom. The van der Waals surface area contributed by atoms with Crippen LogP contribution in [0.15, 0.2) is 0 Å². The Hall–Kier alpha value is -4.71. The minimum Gasteiger partial charge on any atom is -0.456 e. The maximum Gasteiger partial charge on any atom is 0.385 e. The van der Waals surface area contributed by atoms with Gasteiger partial charge in [0.25, 0.3) is 0 Å². The van der Waals surface area contributed by atoms with E-state index in [9.17, 15) is 19.5 Å². The maximum atomic E-state index is 12.0. The van der Waals surface area contributed by atoms with E-state index < -0.39 is 24.6 Å². The van der Waals surface area contributed by atoms with Gasteiger partial charge in [-0.2, -0.15) is 0 Å². The lowest BCUT2D eigenvalue weighted by atomic mass is 10.1. The smallest absolute Gasteiger partial charge is 0.385 e. The van der Waals surface area contributed by atoms with E-state index in [1.54, 1.807) is 0 Å². The largest absolute Gasteiger partial charge is 0.456 e. The number of ether oxygens (including phenoxy) is 2. The number of terminal acetylenes is 1. The Morgan fingerprint density at radius 2 is 1.17 bits per heavy atom. The van der Waals surface area contributed by atoms with Crippen LogP contribution in [0.2, 0.25) is 0 Å². The normalized spacial score (nSPS) is 8.83. The predicted molar refractivity (Wildman–Crippen MR) is 187 cm³/mol. The van der Waals surface area contributed by atoms with E-state index in [0.29, 0.717) is 0 Å². The van der Waals surface area contributed by atoms with Crippen molar-refractivity contribution in [2.45, 2.75) is 97.0 Å². The Labute approximate surface area is 265 Å². The van der Waals surface area contributed by atoms with E-state index >= 15 is 0 Å². The molecular weight excluding hydrogens is 518 g/mol. The standard InChI is InChI=1S/C32H34O5.C2H5NO.13H2/c1-3-5-7-9-11-13-15-17-18-20-22-24-26-31(34)36-29-30(28-33)37-32(35)27-25-23-21-19-16-14-12-10-8-6-4-2;1-2(3)4;;;;;;;;;;;;;/h1,30,33H,4,6,8,10,12,14,16,19,21,23,25,27-29H2,2H3;1H3,(H2,3,4);13*1H/t30-;;;;;;;;;;;;;;/m0............../s1. The molecule has 3 N–H and O–H groups in total. The van der Waals surface area contributed by atoms with E-state index in [0.717, 1.165) is 19.3 Å². The number of carbonyl (C=O) groups excluding carboxylic acids is 3. The molecule has 0 aliphatic rings. The molecule has 0 heterocycles. The molecular formula is C34H65NO6. The van der Waals surface area contributed by atoms with Crippen LogP contribution >= 0.6 is 0 Å². The van der Waals surface area contributed by atoms with E-state index in [-0.39, 0.29) is 37.5 Å². The molecule has 1 atom stereocenters. The lowest BCUT2D eigenvalue weighted by Crippen LogP contribution is -2.28. The number of rotatable bonds is 16. The first-order chi connectivity index (χ1) is 19.9. The first kappa shape index (κ1) is 38.4. The molecule has 41 heavy (non-hydrogen) atoms. The minimum atomic E-state index is -0.929. The summed E-state index contributed by atoms with van der Waals surface area (Å²) in [6.45, 7) is 2.78. The Bertz CT molecular complexity index is 1240. The molecule has 0 radical (unpaired) electrons. The zero-order valence-electron chi connectivity index (χ0n) is 24.1. The maximum absolute atomic E-state index is 12.0. The molecule has 1 amide bonds. The fourth-order valence-corrected chi connectivity index (χ4v) is 2.91. The summed E-state index contributed by atoms with van der Waals surface area (Å²) in [4.78, 5) is 32.8. The van der Waals surface area contributed by atoms with E-state index in [2.05, 4.69) is 89.6 Å². The van der Waals surface area contributed by atoms with Crippen molar-refractivity contribution in [2.75, 3.05) is 13.2 Å². The molecule has 0 aromatic rings. The summed E-state index contributed by atoms with van der Waals surface area (Å²) >= 11 is 0. The molecule has 0 spiro atoms. The van der Waals surface area contributed by atoms with Crippen molar-refractivity contribution >= 4 is 17.8 Å². The number of esters is 2. The Morgan fingerprint density at radius 1 is 0.756 bits per heavy atom. The highest BCUT2D eigenvalue weighted by atomic mass is 16.6. The molecule has 0 bridgehead atoms. The molecule has 0 aromatic heterocycles. The van der Waals surface area contributed by atoms with Crippen LogP contribution in [0, 0.1) is 83.4 Å². The lowest BCUT2D eigenvalue weighted by Gasteiger charge is -2.14. The van der Waals surface area contributed by atoms with Crippen LogP contribution in [0.5, 0.6) is 0 Å². The van der Waals surface area contributed by atoms with Crippen LogP contribution in [0.3, 0.4) is 0 Å². The summed E-state index contributed by atoms with van der Waals surface area (Å²) in [5.74, 6) is 29.0. The van der Waals surface area contributed by atoms with Gasteiger partial charge in [-0.25, -0.2) is 4.79 Å². The van der Waals surface area contributed by atoms with Gasteiger partial charge in [0.2, 0.25) is 5.91 Å². The number of amides is 1. The van der Waals surface area contributed by atoms with Crippen LogP contribution in [0.25, 0.3) is 0 Å². The van der Waals surface area contributed by atoms with Gasteiger partial charge in [-0.05, 0) is 77.5 Å². The summed E-state index contributed by atoms with van der Waals surface area (Å²) in [6.07, 6.45) is 17.4. The van der Waals surface area contributed by atoms with E-state index in [1.807, 2.05) is 0 Å². The summed E-state index contributed by atoms with van der Waals surface area (Å²) < 4.78 is 10.1. The highest BCUT2D eigenvalue weighted by Crippen LogP contribution is 2.12. The number of hydrogen-bond acceptors (Lipinski definition) is 6. The number of primary amides is 1. The zero-order chi connectivity index (χ0) is 30.8. The molecule has 7 nitrogen and oxygen atoms in total. The van der Waals surface area contributed by atoms with Gasteiger partial charge < -0.3 is 20.3 Å². The fourth-order valence-electron chi connectivity index (χ4n) is 2.91. The average molecular weight is 584 g/mol. The number of unbranched alkanes of at least 4 members (excludes halogenated alkanes) is 10. The van der Waals surface area contributed by atoms with Crippen LogP contribution in [-0.2, 0) is 23.9 Å². The molecule has 0 aliphatic heterocycles. The van der Waals surface area contributed by atoms with Crippen LogP contribution < -0.4 is 5.73 Å². The van der Waals surface area contributed by atoms with Crippen LogP contribution in [-0.4, -0.2) is 42.3 Å². The number of nitrogens with two attached hydrogens (primary N) is 1. The van der Waals surface area contributed by atoms with Crippen LogP contribution in [0.4, 0.5) is 0 Å². The molecule has 0 fully saturated rings. The van der Waals surface area contributed by atoms with Crippen LogP contribution in [0.1, 0.15) is 109 Å².